The van der Waals surface area contributed by atoms with Crippen LogP contribution in [-0.4, -0.2) is 14.7 Å². The summed E-state index contributed by atoms with van der Waals surface area (Å²) in [7, 11) is -0.651. The van der Waals surface area contributed by atoms with Gasteiger partial charge in [0.1, 0.15) is 0 Å². The van der Waals surface area contributed by atoms with E-state index in [9.17, 15) is 4.21 Å². The zero-order chi connectivity index (χ0) is 11.2. The van der Waals surface area contributed by atoms with Crippen LogP contribution >= 0.6 is 0 Å². The molecule has 1 nitrogen and oxygen atoms in total. The Hall–Kier alpha value is 0.150. The van der Waals surface area contributed by atoms with Gasteiger partial charge in [0.05, 0.1) is 0 Å². The average molecular weight is 218 g/mol. The van der Waals surface area contributed by atoms with Gasteiger partial charge in [0.15, 0.2) is 0 Å². The standard InChI is InChI=1S/C12H26OS/c1-11(2)9-7-6-8-10-14(13)12(3,4)5/h11H,6-10H2,1-5H3. The van der Waals surface area contributed by atoms with Crippen molar-refractivity contribution in [1.29, 1.82) is 0 Å². The number of unbranched alkanes of at least 4 members (excludes halogenated alkanes) is 2. The summed E-state index contributed by atoms with van der Waals surface area (Å²) in [5, 5.41) is 0. The molecule has 1 atom stereocenters. The Morgan fingerprint density at radius 2 is 1.64 bits per heavy atom. The van der Waals surface area contributed by atoms with Crippen molar-refractivity contribution in [3.63, 3.8) is 0 Å². The van der Waals surface area contributed by atoms with E-state index in [1.54, 1.807) is 0 Å². The van der Waals surface area contributed by atoms with Crippen LogP contribution in [-0.2, 0) is 10.8 Å². The smallest absolute Gasteiger partial charge is 0.0375 e. The fraction of sp³-hybridized carbons (Fsp3) is 1.00. The van der Waals surface area contributed by atoms with Gasteiger partial charge in [0.25, 0.3) is 0 Å². The zero-order valence-electron chi connectivity index (χ0n) is 10.4. The first-order chi connectivity index (χ1) is 6.34. The van der Waals surface area contributed by atoms with E-state index in [1.807, 2.05) is 0 Å². The maximum atomic E-state index is 11.7. The highest BCUT2D eigenvalue weighted by Crippen LogP contribution is 2.14. The normalized spacial score (nSPS) is 14.7. The molecule has 0 bridgehead atoms. The molecule has 0 saturated carbocycles. The third kappa shape index (κ3) is 7.54. The lowest BCUT2D eigenvalue weighted by Gasteiger charge is -2.17. The third-order valence-corrected chi connectivity index (χ3v) is 4.32. The first kappa shape index (κ1) is 14.2. The summed E-state index contributed by atoms with van der Waals surface area (Å²) in [5.74, 6) is 1.69. The predicted molar refractivity (Wildman–Crippen MR) is 66.1 cm³/mol. The van der Waals surface area contributed by atoms with Crippen LogP contribution in [0.15, 0.2) is 0 Å². The van der Waals surface area contributed by atoms with E-state index in [0.29, 0.717) is 0 Å². The largest absolute Gasteiger partial charge is 0.259 e. The van der Waals surface area contributed by atoms with Gasteiger partial charge in [-0.2, -0.15) is 0 Å². The van der Waals surface area contributed by atoms with Crippen LogP contribution in [0.1, 0.15) is 60.3 Å². The minimum Gasteiger partial charge on any atom is -0.259 e. The van der Waals surface area contributed by atoms with Gasteiger partial charge in [-0.05, 0) is 33.1 Å². The van der Waals surface area contributed by atoms with Crippen molar-refractivity contribution in [2.75, 3.05) is 5.75 Å². The average Bonchev–Trinajstić information content (AvgIpc) is 2.01. The molecule has 0 aromatic carbocycles. The van der Waals surface area contributed by atoms with Gasteiger partial charge in [-0.1, -0.05) is 33.1 Å². The van der Waals surface area contributed by atoms with Crippen molar-refractivity contribution in [1.82, 2.24) is 0 Å². The topological polar surface area (TPSA) is 17.1 Å². The summed E-state index contributed by atoms with van der Waals surface area (Å²) in [6.07, 6.45) is 4.96. The molecule has 0 N–H and O–H groups in total. The molecule has 0 rings (SSSR count). The van der Waals surface area contributed by atoms with Crippen LogP contribution < -0.4 is 0 Å². The van der Waals surface area contributed by atoms with E-state index in [0.717, 1.165) is 18.1 Å². The molecule has 0 aliphatic rings. The number of rotatable bonds is 6. The minimum absolute atomic E-state index is 0.0297. The molecule has 0 fully saturated rings. The summed E-state index contributed by atoms with van der Waals surface area (Å²) in [4.78, 5) is 0. The maximum Gasteiger partial charge on any atom is 0.0375 e. The number of hydrogen-bond donors (Lipinski definition) is 0. The second-order valence-electron chi connectivity index (χ2n) is 5.41. The summed E-state index contributed by atoms with van der Waals surface area (Å²) < 4.78 is 11.6. The molecule has 0 aliphatic carbocycles. The number of hydrogen-bond acceptors (Lipinski definition) is 1. The SMILES string of the molecule is CC(C)CCCCCS(=O)C(C)(C)C. The predicted octanol–water partition coefficient (Wildman–Crippen LogP) is 3.75. The van der Waals surface area contributed by atoms with Crippen LogP contribution in [0.2, 0.25) is 0 Å². The minimum atomic E-state index is -0.651. The first-order valence-corrected chi connectivity index (χ1v) is 7.04. The van der Waals surface area contributed by atoms with E-state index in [2.05, 4.69) is 34.6 Å². The Labute approximate surface area is 92.1 Å². The zero-order valence-corrected chi connectivity index (χ0v) is 11.2. The highest BCUT2D eigenvalue weighted by molar-refractivity contribution is 7.86. The Morgan fingerprint density at radius 1 is 1.07 bits per heavy atom. The monoisotopic (exact) mass is 218 g/mol. The van der Waals surface area contributed by atoms with Crippen LogP contribution in [0.25, 0.3) is 0 Å². The van der Waals surface area contributed by atoms with Crippen molar-refractivity contribution in [2.45, 2.75) is 65.0 Å². The molecule has 0 spiro atoms. The Morgan fingerprint density at radius 3 is 2.07 bits per heavy atom. The molecule has 0 saturated heterocycles. The molecule has 0 amide bonds. The van der Waals surface area contributed by atoms with E-state index in [4.69, 9.17) is 0 Å². The summed E-state index contributed by atoms with van der Waals surface area (Å²) in [6, 6.07) is 0. The molecular weight excluding hydrogens is 192 g/mol. The van der Waals surface area contributed by atoms with Gasteiger partial charge in [-0.25, -0.2) is 0 Å². The van der Waals surface area contributed by atoms with Crippen molar-refractivity contribution in [3.8, 4) is 0 Å². The summed E-state index contributed by atoms with van der Waals surface area (Å²) in [6.45, 7) is 10.7. The second kappa shape index (κ2) is 6.60. The van der Waals surface area contributed by atoms with Gasteiger partial charge in [0.2, 0.25) is 0 Å². The highest BCUT2D eigenvalue weighted by Gasteiger charge is 2.18. The molecule has 0 aromatic heterocycles. The van der Waals surface area contributed by atoms with E-state index in [1.165, 1.54) is 19.3 Å². The molecule has 14 heavy (non-hydrogen) atoms. The van der Waals surface area contributed by atoms with Gasteiger partial charge >= 0.3 is 0 Å². The lowest BCUT2D eigenvalue weighted by molar-refractivity contribution is 0.534. The van der Waals surface area contributed by atoms with Crippen molar-refractivity contribution in [3.05, 3.63) is 0 Å². The van der Waals surface area contributed by atoms with Crippen molar-refractivity contribution < 1.29 is 4.21 Å². The van der Waals surface area contributed by atoms with Crippen LogP contribution in [0.3, 0.4) is 0 Å². The van der Waals surface area contributed by atoms with Crippen LogP contribution in [0.4, 0.5) is 0 Å². The Kier molecular flexibility index (Phi) is 6.67. The summed E-state index contributed by atoms with van der Waals surface area (Å²) >= 11 is 0. The molecule has 86 valence electrons. The van der Waals surface area contributed by atoms with Gasteiger partial charge < -0.3 is 0 Å². The fourth-order valence-corrected chi connectivity index (χ4v) is 2.35. The van der Waals surface area contributed by atoms with Crippen LogP contribution in [0, 0.1) is 5.92 Å². The molecule has 0 radical (unpaired) electrons. The Bertz CT molecular complexity index is 168. The van der Waals surface area contributed by atoms with Crippen molar-refractivity contribution in [2.24, 2.45) is 5.92 Å². The lowest BCUT2D eigenvalue weighted by atomic mass is 10.1. The van der Waals surface area contributed by atoms with Crippen molar-refractivity contribution >= 4 is 10.8 Å². The Balaban J connectivity index is 3.42. The first-order valence-electron chi connectivity index (χ1n) is 5.72. The van der Waals surface area contributed by atoms with Crippen LogP contribution in [0.5, 0.6) is 0 Å². The fourth-order valence-electron chi connectivity index (χ4n) is 1.27. The van der Waals surface area contributed by atoms with E-state index in [-0.39, 0.29) is 4.75 Å². The van der Waals surface area contributed by atoms with E-state index < -0.39 is 10.8 Å². The van der Waals surface area contributed by atoms with Gasteiger partial charge in [0, 0.05) is 21.3 Å². The van der Waals surface area contributed by atoms with E-state index >= 15 is 0 Å². The second-order valence-corrected chi connectivity index (χ2v) is 7.73. The van der Waals surface area contributed by atoms with Gasteiger partial charge in [-0.15, -0.1) is 0 Å². The molecule has 2 heteroatoms. The lowest BCUT2D eigenvalue weighted by Crippen LogP contribution is -2.23. The molecule has 0 aliphatic heterocycles. The van der Waals surface area contributed by atoms with Gasteiger partial charge in [-0.3, -0.25) is 4.21 Å². The quantitative estimate of drug-likeness (QED) is 0.621. The summed E-state index contributed by atoms with van der Waals surface area (Å²) in [5.41, 5.74) is 0. The maximum absolute atomic E-state index is 11.7. The molecule has 0 heterocycles. The molecule has 0 aromatic rings. The molecule has 1 unspecified atom stereocenters. The highest BCUT2D eigenvalue weighted by atomic mass is 32.2. The molecular formula is C12H26OS. The third-order valence-electron chi connectivity index (χ3n) is 2.29.